The second-order valence-corrected chi connectivity index (χ2v) is 8.99. The zero-order chi connectivity index (χ0) is 25.5. The molecule has 1 fully saturated rings. The first-order valence-electron chi connectivity index (χ1n) is 12.1. The summed E-state index contributed by atoms with van der Waals surface area (Å²) in [5.41, 5.74) is 2.50. The van der Waals surface area contributed by atoms with E-state index in [1.807, 2.05) is 32.0 Å². The molecule has 4 rings (SSSR count). The molecular weight excluding hydrogens is 461 g/mol. The van der Waals surface area contributed by atoms with Crippen molar-refractivity contribution in [3.05, 3.63) is 83.3 Å². The number of piperazine rings is 1. The second kappa shape index (κ2) is 11.9. The third kappa shape index (κ3) is 6.51. The molecule has 1 saturated heterocycles. The van der Waals surface area contributed by atoms with Crippen LogP contribution >= 0.6 is 0 Å². The largest absolute Gasteiger partial charge is 0.493 e. The van der Waals surface area contributed by atoms with E-state index in [4.69, 9.17) is 14.2 Å². The Morgan fingerprint density at radius 1 is 1.00 bits per heavy atom. The number of hydrogen-bond acceptors (Lipinski definition) is 7. The predicted octanol–water partition coefficient (Wildman–Crippen LogP) is 4.70. The highest BCUT2D eigenvalue weighted by Gasteiger charge is 2.24. The number of pyridine rings is 1. The summed E-state index contributed by atoms with van der Waals surface area (Å²) in [6, 6.07) is 15.7. The fourth-order valence-electron chi connectivity index (χ4n) is 4.13. The van der Waals surface area contributed by atoms with E-state index in [1.165, 1.54) is 12.1 Å². The molecule has 0 bridgehead atoms. The minimum absolute atomic E-state index is 0.181. The van der Waals surface area contributed by atoms with Crippen LogP contribution in [0, 0.1) is 5.82 Å². The standard InChI is InChI=1S/C28H32FN3O4/c1-20(2)36-28(33)24-5-4-12-30-27(24)32-15-13-31(14-16-32)18-22-8-11-25(26(17-22)34-3)35-19-21-6-9-23(29)10-7-21/h4-12,17,20H,13-16,18-19H2,1-3H3. The van der Waals surface area contributed by atoms with Gasteiger partial charge in [0.05, 0.1) is 13.2 Å². The molecule has 3 aromatic rings. The molecule has 0 radical (unpaired) electrons. The van der Waals surface area contributed by atoms with Gasteiger partial charge in [-0.3, -0.25) is 4.90 Å². The number of anilines is 1. The van der Waals surface area contributed by atoms with Crippen molar-refractivity contribution >= 4 is 11.8 Å². The summed E-state index contributed by atoms with van der Waals surface area (Å²) < 4.78 is 30.0. The van der Waals surface area contributed by atoms with E-state index in [2.05, 4.69) is 14.8 Å². The van der Waals surface area contributed by atoms with Crippen molar-refractivity contribution in [2.45, 2.75) is 33.1 Å². The lowest BCUT2D eigenvalue weighted by Gasteiger charge is -2.36. The molecule has 0 unspecified atom stereocenters. The Balaban J connectivity index is 1.34. The second-order valence-electron chi connectivity index (χ2n) is 8.99. The average Bonchev–Trinajstić information content (AvgIpc) is 2.89. The summed E-state index contributed by atoms with van der Waals surface area (Å²) in [6.07, 6.45) is 1.53. The molecule has 7 nitrogen and oxygen atoms in total. The third-order valence-electron chi connectivity index (χ3n) is 5.96. The zero-order valence-corrected chi connectivity index (χ0v) is 20.9. The van der Waals surface area contributed by atoms with Crippen LogP contribution in [0.25, 0.3) is 0 Å². The molecule has 1 aliphatic rings. The van der Waals surface area contributed by atoms with Crippen molar-refractivity contribution in [2.24, 2.45) is 0 Å². The van der Waals surface area contributed by atoms with Gasteiger partial charge in [0.1, 0.15) is 23.8 Å². The Hall–Kier alpha value is -3.65. The van der Waals surface area contributed by atoms with E-state index >= 15 is 0 Å². The Morgan fingerprint density at radius 3 is 2.42 bits per heavy atom. The predicted molar refractivity (Wildman–Crippen MR) is 136 cm³/mol. The van der Waals surface area contributed by atoms with Crippen LogP contribution < -0.4 is 14.4 Å². The fourth-order valence-corrected chi connectivity index (χ4v) is 4.13. The van der Waals surface area contributed by atoms with Crippen molar-refractivity contribution in [1.29, 1.82) is 0 Å². The summed E-state index contributed by atoms with van der Waals surface area (Å²) in [4.78, 5) is 21.5. The number of hydrogen-bond donors (Lipinski definition) is 0. The summed E-state index contributed by atoms with van der Waals surface area (Å²) >= 11 is 0. The molecule has 2 aromatic carbocycles. The topological polar surface area (TPSA) is 64.1 Å². The van der Waals surface area contributed by atoms with Gasteiger partial charge in [-0.1, -0.05) is 18.2 Å². The monoisotopic (exact) mass is 493 g/mol. The Kier molecular flexibility index (Phi) is 8.38. The van der Waals surface area contributed by atoms with E-state index in [9.17, 15) is 9.18 Å². The van der Waals surface area contributed by atoms with Crippen LogP contribution in [0.2, 0.25) is 0 Å². The van der Waals surface area contributed by atoms with Crippen LogP contribution in [0.15, 0.2) is 60.8 Å². The van der Waals surface area contributed by atoms with Gasteiger partial charge < -0.3 is 19.1 Å². The fraction of sp³-hybridized carbons (Fsp3) is 0.357. The van der Waals surface area contributed by atoms with Gasteiger partial charge in [-0.05, 0) is 61.4 Å². The van der Waals surface area contributed by atoms with Crippen LogP contribution in [0.5, 0.6) is 11.5 Å². The van der Waals surface area contributed by atoms with E-state index < -0.39 is 0 Å². The van der Waals surface area contributed by atoms with Crippen molar-refractivity contribution < 1.29 is 23.4 Å². The normalized spacial score (nSPS) is 14.1. The third-order valence-corrected chi connectivity index (χ3v) is 5.96. The molecule has 0 atom stereocenters. The molecular formula is C28H32FN3O4. The van der Waals surface area contributed by atoms with Gasteiger partial charge in [0.15, 0.2) is 11.5 Å². The Bertz CT molecular complexity index is 1160. The first kappa shape index (κ1) is 25.4. The van der Waals surface area contributed by atoms with Crippen LogP contribution in [-0.4, -0.2) is 55.2 Å². The number of aromatic nitrogens is 1. The summed E-state index contributed by atoms with van der Waals surface area (Å²) in [5, 5.41) is 0. The highest BCUT2D eigenvalue weighted by atomic mass is 19.1. The van der Waals surface area contributed by atoms with Gasteiger partial charge in [0.2, 0.25) is 0 Å². The summed E-state index contributed by atoms with van der Waals surface area (Å²) in [6.45, 7) is 7.97. The molecule has 0 N–H and O–H groups in total. The van der Waals surface area contributed by atoms with Crippen molar-refractivity contribution in [3.63, 3.8) is 0 Å². The molecule has 0 aliphatic carbocycles. The van der Waals surface area contributed by atoms with E-state index in [0.717, 1.165) is 43.9 Å². The number of rotatable bonds is 9. The quantitative estimate of drug-likeness (QED) is 0.401. The molecule has 0 spiro atoms. The molecule has 0 amide bonds. The number of carbonyl (C=O) groups is 1. The molecule has 1 aromatic heterocycles. The van der Waals surface area contributed by atoms with Gasteiger partial charge in [-0.2, -0.15) is 0 Å². The molecule has 36 heavy (non-hydrogen) atoms. The van der Waals surface area contributed by atoms with E-state index in [0.29, 0.717) is 29.5 Å². The lowest BCUT2D eigenvalue weighted by Crippen LogP contribution is -2.46. The van der Waals surface area contributed by atoms with Gasteiger partial charge in [0.25, 0.3) is 0 Å². The maximum Gasteiger partial charge on any atom is 0.342 e. The number of halogens is 1. The van der Waals surface area contributed by atoms with Crippen LogP contribution in [0.1, 0.15) is 35.3 Å². The highest BCUT2D eigenvalue weighted by Crippen LogP contribution is 2.30. The first-order valence-corrected chi connectivity index (χ1v) is 12.1. The molecule has 1 aliphatic heterocycles. The minimum Gasteiger partial charge on any atom is -0.493 e. The SMILES string of the molecule is COc1cc(CN2CCN(c3ncccc3C(=O)OC(C)C)CC2)ccc1OCc1ccc(F)cc1. The number of methoxy groups -OCH3 is 1. The van der Waals surface area contributed by atoms with E-state index in [1.54, 1.807) is 37.6 Å². The number of ether oxygens (including phenoxy) is 3. The molecule has 2 heterocycles. The van der Waals surface area contributed by atoms with Gasteiger partial charge in [-0.25, -0.2) is 14.2 Å². The number of carbonyl (C=O) groups excluding carboxylic acids is 1. The number of benzene rings is 2. The number of esters is 1. The zero-order valence-electron chi connectivity index (χ0n) is 20.9. The minimum atomic E-state index is -0.343. The van der Waals surface area contributed by atoms with Gasteiger partial charge in [0, 0.05) is 38.9 Å². The van der Waals surface area contributed by atoms with Gasteiger partial charge >= 0.3 is 5.97 Å². The van der Waals surface area contributed by atoms with E-state index in [-0.39, 0.29) is 17.9 Å². The smallest absolute Gasteiger partial charge is 0.342 e. The molecule has 190 valence electrons. The maximum atomic E-state index is 13.1. The molecule has 0 saturated carbocycles. The van der Waals surface area contributed by atoms with Crippen molar-refractivity contribution in [2.75, 3.05) is 38.2 Å². The molecule has 8 heteroatoms. The lowest BCUT2D eigenvalue weighted by atomic mass is 10.1. The van der Waals surface area contributed by atoms with Gasteiger partial charge in [-0.15, -0.1) is 0 Å². The Labute approximate surface area is 211 Å². The maximum absolute atomic E-state index is 13.1. The van der Waals surface area contributed by atoms with Crippen LogP contribution in [0.3, 0.4) is 0 Å². The van der Waals surface area contributed by atoms with Crippen LogP contribution in [0.4, 0.5) is 10.2 Å². The summed E-state index contributed by atoms with van der Waals surface area (Å²) in [5.74, 6) is 1.37. The number of nitrogens with zero attached hydrogens (tertiary/aromatic N) is 3. The highest BCUT2D eigenvalue weighted by molar-refractivity contribution is 5.94. The van der Waals surface area contributed by atoms with Crippen LogP contribution in [-0.2, 0) is 17.9 Å². The van der Waals surface area contributed by atoms with Crippen molar-refractivity contribution in [3.8, 4) is 11.5 Å². The average molecular weight is 494 g/mol. The van der Waals surface area contributed by atoms with Crippen molar-refractivity contribution in [1.82, 2.24) is 9.88 Å². The summed E-state index contributed by atoms with van der Waals surface area (Å²) in [7, 11) is 1.62. The first-order chi connectivity index (χ1) is 17.4. The Morgan fingerprint density at radius 2 is 1.72 bits per heavy atom. The lowest BCUT2D eigenvalue weighted by molar-refractivity contribution is 0.0378.